The quantitative estimate of drug-likeness (QED) is 0.783. The molecule has 0 aromatic carbocycles. The van der Waals surface area contributed by atoms with E-state index in [0.717, 1.165) is 52.0 Å². The van der Waals surface area contributed by atoms with Gasteiger partial charge in [-0.2, -0.15) is 0 Å². The molecule has 1 aromatic heterocycles. The molecule has 0 spiro atoms. The van der Waals surface area contributed by atoms with Gasteiger partial charge in [0.15, 0.2) is 0 Å². The Balaban J connectivity index is 1.92. The monoisotopic (exact) mass is 317 g/mol. The largest absolute Gasteiger partial charge is 0.480 e. The Morgan fingerprint density at radius 2 is 2.09 bits per heavy atom. The SMILES string of the molecule is CCC/C=C/[C@H](C(=O)O)N1CCCN(Cc2ccncc2)CC1. The van der Waals surface area contributed by atoms with E-state index in [-0.39, 0.29) is 0 Å². The molecule has 0 aliphatic carbocycles. The highest BCUT2D eigenvalue weighted by Gasteiger charge is 2.25. The summed E-state index contributed by atoms with van der Waals surface area (Å²) in [6.45, 7) is 6.53. The Morgan fingerprint density at radius 3 is 2.78 bits per heavy atom. The normalized spacial score (nSPS) is 18.8. The van der Waals surface area contributed by atoms with Crippen molar-refractivity contribution >= 4 is 5.97 Å². The average Bonchev–Trinajstić information content (AvgIpc) is 2.78. The number of aromatic nitrogens is 1. The van der Waals surface area contributed by atoms with Crippen LogP contribution in [0.3, 0.4) is 0 Å². The summed E-state index contributed by atoms with van der Waals surface area (Å²) in [4.78, 5) is 20.1. The molecule has 1 N–H and O–H groups in total. The summed E-state index contributed by atoms with van der Waals surface area (Å²) < 4.78 is 0. The number of rotatable bonds is 7. The topological polar surface area (TPSA) is 56.7 Å². The van der Waals surface area contributed by atoms with E-state index in [0.29, 0.717) is 0 Å². The van der Waals surface area contributed by atoms with Crippen LogP contribution in [0.15, 0.2) is 36.7 Å². The van der Waals surface area contributed by atoms with Gasteiger partial charge in [-0.3, -0.25) is 19.6 Å². The first kappa shape index (κ1) is 17.6. The molecule has 2 rings (SSSR count). The van der Waals surface area contributed by atoms with E-state index in [9.17, 15) is 9.90 Å². The van der Waals surface area contributed by atoms with Gasteiger partial charge in [-0.25, -0.2) is 0 Å². The standard InChI is InChI=1S/C18H27N3O2/c1-2-3-4-6-17(18(22)23)21-12-5-11-20(13-14-21)15-16-7-9-19-10-8-16/h4,6-10,17H,2-3,5,11-15H2,1H3,(H,22,23)/b6-4+/t17-/m1/s1. The predicted octanol–water partition coefficient (Wildman–Crippen LogP) is 2.40. The molecular weight excluding hydrogens is 290 g/mol. The maximum atomic E-state index is 11.6. The van der Waals surface area contributed by atoms with Gasteiger partial charge in [-0.05, 0) is 37.1 Å². The van der Waals surface area contributed by atoms with Crippen molar-refractivity contribution in [1.82, 2.24) is 14.8 Å². The van der Waals surface area contributed by atoms with Crippen LogP contribution >= 0.6 is 0 Å². The molecule has 1 aliphatic heterocycles. The van der Waals surface area contributed by atoms with E-state index in [4.69, 9.17) is 0 Å². The van der Waals surface area contributed by atoms with Crippen LogP contribution in [0, 0.1) is 0 Å². The second kappa shape index (κ2) is 9.43. The molecule has 0 unspecified atom stereocenters. The first-order valence-electron chi connectivity index (χ1n) is 8.45. The van der Waals surface area contributed by atoms with Gasteiger partial charge in [0, 0.05) is 38.6 Å². The van der Waals surface area contributed by atoms with Gasteiger partial charge in [0.05, 0.1) is 0 Å². The molecule has 0 saturated carbocycles. The van der Waals surface area contributed by atoms with Gasteiger partial charge in [0.2, 0.25) is 0 Å². The highest BCUT2D eigenvalue weighted by Crippen LogP contribution is 2.12. The number of nitrogens with zero attached hydrogens (tertiary/aromatic N) is 3. The number of unbranched alkanes of at least 4 members (excludes halogenated alkanes) is 1. The minimum absolute atomic E-state index is 0.498. The third kappa shape index (κ3) is 5.77. The molecule has 126 valence electrons. The highest BCUT2D eigenvalue weighted by atomic mass is 16.4. The summed E-state index contributed by atoms with van der Waals surface area (Å²) >= 11 is 0. The van der Waals surface area contributed by atoms with Crippen molar-refractivity contribution in [3.63, 3.8) is 0 Å². The zero-order valence-corrected chi connectivity index (χ0v) is 13.9. The first-order valence-corrected chi connectivity index (χ1v) is 8.45. The summed E-state index contributed by atoms with van der Waals surface area (Å²) in [5.41, 5.74) is 1.26. The van der Waals surface area contributed by atoms with Crippen molar-refractivity contribution in [3.05, 3.63) is 42.2 Å². The fourth-order valence-electron chi connectivity index (χ4n) is 2.93. The maximum Gasteiger partial charge on any atom is 0.324 e. The van der Waals surface area contributed by atoms with Crippen LogP contribution < -0.4 is 0 Å². The summed E-state index contributed by atoms with van der Waals surface area (Å²) in [7, 11) is 0. The van der Waals surface area contributed by atoms with Crippen LogP contribution in [-0.2, 0) is 11.3 Å². The average molecular weight is 317 g/mol. The molecule has 0 amide bonds. The Hall–Kier alpha value is -1.72. The molecule has 2 heterocycles. The zero-order valence-electron chi connectivity index (χ0n) is 13.9. The highest BCUT2D eigenvalue weighted by molar-refractivity contribution is 5.75. The summed E-state index contributed by atoms with van der Waals surface area (Å²) in [5, 5.41) is 9.50. The van der Waals surface area contributed by atoms with Crippen molar-refractivity contribution in [3.8, 4) is 0 Å². The lowest BCUT2D eigenvalue weighted by Gasteiger charge is -2.25. The molecular formula is C18H27N3O2. The third-order valence-electron chi connectivity index (χ3n) is 4.20. The van der Waals surface area contributed by atoms with E-state index in [1.807, 2.05) is 36.7 Å². The molecule has 5 heteroatoms. The van der Waals surface area contributed by atoms with Gasteiger partial charge in [0.25, 0.3) is 0 Å². The molecule has 1 aliphatic rings. The van der Waals surface area contributed by atoms with Crippen molar-refractivity contribution in [2.75, 3.05) is 26.2 Å². The Kier molecular flexibility index (Phi) is 7.23. The number of hydrogen-bond acceptors (Lipinski definition) is 4. The van der Waals surface area contributed by atoms with E-state index in [2.05, 4.69) is 21.7 Å². The van der Waals surface area contributed by atoms with Crippen LogP contribution in [0.1, 0.15) is 31.7 Å². The van der Waals surface area contributed by atoms with Crippen LogP contribution in [-0.4, -0.2) is 58.1 Å². The van der Waals surface area contributed by atoms with Crippen LogP contribution in [0.25, 0.3) is 0 Å². The van der Waals surface area contributed by atoms with Crippen LogP contribution in [0.4, 0.5) is 0 Å². The molecule has 5 nitrogen and oxygen atoms in total. The smallest absolute Gasteiger partial charge is 0.324 e. The number of hydrogen-bond donors (Lipinski definition) is 1. The summed E-state index contributed by atoms with van der Waals surface area (Å²) in [5.74, 6) is -0.750. The Bertz CT molecular complexity index is 504. The lowest BCUT2D eigenvalue weighted by molar-refractivity contribution is -0.141. The van der Waals surface area contributed by atoms with Crippen LogP contribution in [0.2, 0.25) is 0 Å². The van der Waals surface area contributed by atoms with Gasteiger partial charge >= 0.3 is 5.97 Å². The molecule has 1 aromatic rings. The lowest BCUT2D eigenvalue weighted by atomic mass is 10.2. The number of carbonyl (C=O) groups is 1. The lowest BCUT2D eigenvalue weighted by Crippen LogP contribution is -2.42. The van der Waals surface area contributed by atoms with Crippen molar-refractivity contribution in [2.45, 2.75) is 38.8 Å². The zero-order chi connectivity index (χ0) is 16.5. The fourth-order valence-corrected chi connectivity index (χ4v) is 2.93. The number of aliphatic carboxylic acids is 1. The Morgan fingerprint density at radius 1 is 1.30 bits per heavy atom. The minimum atomic E-state index is -0.750. The number of carboxylic acid groups (broad SMARTS) is 1. The first-order chi connectivity index (χ1) is 11.2. The van der Waals surface area contributed by atoms with Gasteiger partial charge in [-0.15, -0.1) is 0 Å². The maximum absolute atomic E-state index is 11.6. The van der Waals surface area contributed by atoms with E-state index in [1.54, 1.807) is 0 Å². The summed E-state index contributed by atoms with van der Waals surface area (Å²) in [6.07, 6.45) is 10.5. The molecule has 0 bridgehead atoms. The van der Waals surface area contributed by atoms with Crippen molar-refractivity contribution in [1.29, 1.82) is 0 Å². The molecule has 1 saturated heterocycles. The number of allylic oxidation sites excluding steroid dienone is 1. The van der Waals surface area contributed by atoms with E-state index >= 15 is 0 Å². The second-order valence-electron chi connectivity index (χ2n) is 6.02. The molecule has 23 heavy (non-hydrogen) atoms. The third-order valence-corrected chi connectivity index (χ3v) is 4.20. The number of pyridine rings is 1. The van der Waals surface area contributed by atoms with Crippen molar-refractivity contribution in [2.24, 2.45) is 0 Å². The van der Waals surface area contributed by atoms with Gasteiger partial charge in [0.1, 0.15) is 6.04 Å². The molecule has 0 radical (unpaired) electrons. The van der Waals surface area contributed by atoms with Crippen LogP contribution in [0.5, 0.6) is 0 Å². The van der Waals surface area contributed by atoms with E-state index in [1.165, 1.54) is 5.56 Å². The fraction of sp³-hybridized carbons (Fsp3) is 0.556. The van der Waals surface area contributed by atoms with Crippen molar-refractivity contribution < 1.29 is 9.90 Å². The number of carboxylic acids is 1. The van der Waals surface area contributed by atoms with Gasteiger partial charge < -0.3 is 5.11 Å². The molecule has 1 atom stereocenters. The van der Waals surface area contributed by atoms with Gasteiger partial charge in [-0.1, -0.05) is 25.5 Å². The van der Waals surface area contributed by atoms with E-state index < -0.39 is 12.0 Å². The second-order valence-corrected chi connectivity index (χ2v) is 6.02. The Labute approximate surface area is 138 Å². The summed E-state index contributed by atoms with van der Waals surface area (Å²) in [6, 6.07) is 3.58. The minimum Gasteiger partial charge on any atom is -0.480 e. The molecule has 1 fully saturated rings. The predicted molar refractivity (Wildman–Crippen MR) is 91.2 cm³/mol.